The van der Waals surface area contributed by atoms with Gasteiger partial charge in [0, 0.05) is 28.8 Å². The minimum Gasteiger partial charge on any atom is -0.477 e. The van der Waals surface area contributed by atoms with Crippen LogP contribution < -0.4 is 0 Å². The van der Waals surface area contributed by atoms with Crippen LogP contribution in [0.2, 0.25) is 0 Å². The first-order chi connectivity index (χ1) is 6.18. The van der Waals surface area contributed by atoms with E-state index in [2.05, 4.69) is 0 Å². The van der Waals surface area contributed by atoms with Crippen LogP contribution in [0.1, 0.15) is 16.2 Å². The van der Waals surface area contributed by atoms with E-state index in [-0.39, 0.29) is 0 Å². The summed E-state index contributed by atoms with van der Waals surface area (Å²) in [5.41, 5.74) is 1.16. The average Bonchev–Trinajstić information content (AvgIpc) is 2.46. The Balaban J connectivity index is 2.44. The zero-order chi connectivity index (χ0) is 9.42. The zero-order valence-electron chi connectivity index (χ0n) is 6.90. The van der Waals surface area contributed by atoms with E-state index >= 15 is 0 Å². The van der Waals surface area contributed by atoms with Crippen LogP contribution in [0, 0.1) is 0 Å². The molecule has 0 saturated carbocycles. The van der Waals surface area contributed by atoms with Gasteiger partial charge in [0.1, 0.15) is 5.69 Å². The summed E-state index contributed by atoms with van der Waals surface area (Å²) in [6.07, 6.45) is 0. The van der Waals surface area contributed by atoms with Crippen LogP contribution in [-0.4, -0.2) is 25.6 Å². The third-order valence-corrected chi connectivity index (χ3v) is 3.40. The van der Waals surface area contributed by atoms with Gasteiger partial charge in [-0.15, -0.1) is 0 Å². The summed E-state index contributed by atoms with van der Waals surface area (Å²) >= 11 is 0. The molecule has 2 heterocycles. The van der Waals surface area contributed by atoms with Gasteiger partial charge in [-0.3, -0.25) is 4.21 Å². The van der Waals surface area contributed by atoms with Gasteiger partial charge in [0.2, 0.25) is 0 Å². The van der Waals surface area contributed by atoms with Crippen LogP contribution in [0.15, 0.2) is 12.1 Å². The molecule has 0 spiro atoms. The smallest absolute Gasteiger partial charge is 0.352 e. The molecule has 1 atom stereocenters. The van der Waals surface area contributed by atoms with E-state index in [0.717, 1.165) is 5.69 Å². The van der Waals surface area contributed by atoms with E-state index in [1.165, 1.54) is 0 Å². The molecule has 0 aliphatic carbocycles. The molecule has 1 unspecified atom stereocenters. The Kier molecular flexibility index (Phi) is 1.95. The molecule has 4 nitrogen and oxygen atoms in total. The Morgan fingerprint density at radius 2 is 2.31 bits per heavy atom. The second-order valence-corrected chi connectivity index (χ2v) is 4.53. The molecule has 0 aromatic carbocycles. The lowest BCUT2D eigenvalue weighted by atomic mass is 10.4. The summed E-state index contributed by atoms with van der Waals surface area (Å²) in [7, 11) is -0.815. The van der Waals surface area contributed by atoms with Crippen molar-refractivity contribution in [1.82, 2.24) is 4.57 Å². The fourth-order valence-corrected chi connectivity index (χ4v) is 2.63. The molecule has 1 aliphatic rings. The molecule has 70 valence electrons. The van der Waals surface area contributed by atoms with Gasteiger partial charge in [0.15, 0.2) is 0 Å². The summed E-state index contributed by atoms with van der Waals surface area (Å²) in [4.78, 5) is 10.7. The van der Waals surface area contributed by atoms with E-state index in [9.17, 15) is 9.00 Å². The molecule has 0 saturated heterocycles. The van der Waals surface area contributed by atoms with Crippen molar-refractivity contribution < 1.29 is 14.1 Å². The van der Waals surface area contributed by atoms with Crippen molar-refractivity contribution in [2.75, 3.05) is 5.75 Å². The summed E-state index contributed by atoms with van der Waals surface area (Å²) in [6.45, 7) is 0.552. The largest absolute Gasteiger partial charge is 0.477 e. The lowest BCUT2D eigenvalue weighted by Gasteiger charge is -2.15. The number of aromatic carboxylic acids is 1. The first-order valence-electron chi connectivity index (χ1n) is 3.95. The zero-order valence-corrected chi connectivity index (χ0v) is 7.71. The number of carboxylic acid groups (broad SMARTS) is 1. The highest BCUT2D eigenvalue weighted by atomic mass is 32.2. The highest BCUT2D eigenvalue weighted by Gasteiger charge is 2.19. The summed E-state index contributed by atoms with van der Waals surface area (Å²) in [6, 6.07) is 3.31. The van der Waals surface area contributed by atoms with Gasteiger partial charge in [0.05, 0.1) is 5.75 Å². The van der Waals surface area contributed by atoms with E-state index in [4.69, 9.17) is 5.11 Å². The number of carbonyl (C=O) groups is 1. The van der Waals surface area contributed by atoms with Gasteiger partial charge in [-0.25, -0.2) is 4.79 Å². The third-order valence-electron chi connectivity index (χ3n) is 2.14. The van der Waals surface area contributed by atoms with Crippen LogP contribution in [-0.2, 0) is 23.1 Å². The second kappa shape index (κ2) is 2.99. The lowest BCUT2D eigenvalue weighted by Crippen LogP contribution is -2.21. The third kappa shape index (κ3) is 1.39. The molecule has 0 bridgehead atoms. The van der Waals surface area contributed by atoms with Crippen molar-refractivity contribution in [3.63, 3.8) is 0 Å². The standard InChI is InChI=1S/C8H9NO3S/c10-8(11)7-2-1-6-5-13(12)4-3-9(6)7/h1-2H,3-5H2,(H,10,11). The minimum atomic E-state index is -0.918. The van der Waals surface area contributed by atoms with Crippen LogP contribution in [0.3, 0.4) is 0 Å². The van der Waals surface area contributed by atoms with E-state index in [1.54, 1.807) is 16.7 Å². The Labute approximate surface area is 77.6 Å². The van der Waals surface area contributed by atoms with Crippen LogP contribution in [0.4, 0.5) is 0 Å². The van der Waals surface area contributed by atoms with Gasteiger partial charge in [-0.05, 0) is 12.1 Å². The van der Waals surface area contributed by atoms with Crippen molar-refractivity contribution in [3.05, 3.63) is 23.5 Å². The van der Waals surface area contributed by atoms with Crippen LogP contribution >= 0.6 is 0 Å². The fraction of sp³-hybridized carbons (Fsp3) is 0.375. The highest BCUT2D eigenvalue weighted by Crippen LogP contribution is 2.16. The summed E-state index contributed by atoms with van der Waals surface area (Å²) in [5, 5.41) is 8.80. The number of aromatic nitrogens is 1. The Hall–Kier alpha value is -1.10. The Morgan fingerprint density at radius 1 is 1.54 bits per heavy atom. The molecule has 2 rings (SSSR count). The van der Waals surface area contributed by atoms with Crippen LogP contribution in [0.25, 0.3) is 0 Å². The van der Waals surface area contributed by atoms with Gasteiger partial charge in [-0.1, -0.05) is 0 Å². The van der Waals surface area contributed by atoms with Gasteiger partial charge in [0.25, 0.3) is 0 Å². The maximum Gasteiger partial charge on any atom is 0.352 e. The maximum absolute atomic E-state index is 11.2. The van der Waals surface area contributed by atoms with Gasteiger partial charge in [-0.2, -0.15) is 0 Å². The first kappa shape index (κ1) is 8.50. The summed E-state index contributed by atoms with van der Waals surface area (Å²) < 4.78 is 12.9. The number of nitrogens with zero attached hydrogens (tertiary/aromatic N) is 1. The first-order valence-corrected chi connectivity index (χ1v) is 5.44. The molecule has 0 fully saturated rings. The van der Waals surface area contributed by atoms with Crippen molar-refractivity contribution in [2.24, 2.45) is 0 Å². The average molecular weight is 199 g/mol. The van der Waals surface area contributed by atoms with Gasteiger partial charge < -0.3 is 9.67 Å². The van der Waals surface area contributed by atoms with Crippen LogP contribution in [0.5, 0.6) is 0 Å². The predicted octanol–water partition coefficient (Wildman–Crippen LogP) is 0.449. The topological polar surface area (TPSA) is 59.3 Å². The maximum atomic E-state index is 11.2. The summed E-state index contributed by atoms with van der Waals surface area (Å²) in [5.74, 6) is 0.119. The van der Waals surface area contributed by atoms with Crippen molar-refractivity contribution in [1.29, 1.82) is 0 Å². The van der Waals surface area contributed by atoms with Crippen molar-refractivity contribution in [2.45, 2.75) is 12.3 Å². The monoisotopic (exact) mass is 199 g/mol. The lowest BCUT2D eigenvalue weighted by molar-refractivity contribution is 0.0685. The number of fused-ring (bicyclic) bond motifs is 1. The van der Waals surface area contributed by atoms with E-state index < -0.39 is 16.8 Å². The molecule has 0 radical (unpaired) electrons. The van der Waals surface area contributed by atoms with Crippen molar-refractivity contribution in [3.8, 4) is 0 Å². The Bertz CT molecular complexity index is 383. The molecular formula is C8H9NO3S. The molecular weight excluding hydrogens is 190 g/mol. The second-order valence-electron chi connectivity index (χ2n) is 2.95. The van der Waals surface area contributed by atoms with Gasteiger partial charge >= 0.3 is 5.97 Å². The Morgan fingerprint density at radius 3 is 3.00 bits per heavy atom. The molecule has 1 N–H and O–H groups in total. The molecule has 1 aromatic heterocycles. The molecule has 0 amide bonds. The predicted molar refractivity (Wildman–Crippen MR) is 48.1 cm³/mol. The number of carboxylic acids is 1. The quantitative estimate of drug-likeness (QED) is 0.714. The molecule has 13 heavy (non-hydrogen) atoms. The van der Waals surface area contributed by atoms with Crippen molar-refractivity contribution >= 4 is 16.8 Å². The SMILES string of the molecule is O=C(O)c1ccc2n1CCS(=O)C2. The fourth-order valence-electron chi connectivity index (χ4n) is 1.52. The van der Waals surface area contributed by atoms with E-state index in [1.807, 2.05) is 0 Å². The minimum absolute atomic E-state index is 0.298. The molecule has 1 aromatic rings. The molecule has 5 heteroatoms. The number of rotatable bonds is 1. The molecule has 1 aliphatic heterocycles. The van der Waals surface area contributed by atoms with E-state index in [0.29, 0.717) is 23.7 Å². The normalized spacial score (nSPS) is 21.1. The number of hydrogen-bond acceptors (Lipinski definition) is 2. The number of hydrogen-bond donors (Lipinski definition) is 1. The highest BCUT2D eigenvalue weighted by molar-refractivity contribution is 7.84.